The molecule has 1 saturated heterocycles. The van der Waals surface area contributed by atoms with E-state index in [0.29, 0.717) is 40.1 Å². The Morgan fingerprint density at radius 2 is 2.20 bits per heavy atom. The molecule has 1 aliphatic heterocycles. The topological polar surface area (TPSA) is 73.4 Å². The number of H-pyrrole nitrogens is 1. The maximum Gasteiger partial charge on any atom is 0.272 e. The molecule has 2 heterocycles. The van der Waals surface area contributed by atoms with Gasteiger partial charge in [0, 0.05) is 11.8 Å². The Labute approximate surface area is 123 Å². The summed E-state index contributed by atoms with van der Waals surface area (Å²) >= 11 is 3.32. The van der Waals surface area contributed by atoms with E-state index in [1.807, 2.05) is 0 Å². The summed E-state index contributed by atoms with van der Waals surface area (Å²) in [6, 6.07) is 3.42. The number of ether oxygens (including phenoxy) is 3. The van der Waals surface area contributed by atoms with Gasteiger partial charge in [0.25, 0.3) is 5.56 Å². The largest absolute Gasteiger partial charge is 0.493 e. The zero-order chi connectivity index (χ0) is 14.1. The van der Waals surface area contributed by atoms with Crippen molar-refractivity contribution in [1.82, 2.24) is 10.2 Å². The van der Waals surface area contributed by atoms with Gasteiger partial charge in [0.1, 0.15) is 10.7 Å². The van der Waals surface area contributed by atoms with Gasteiger partial charge in [-0.05, 0) is 28.1 Å². The molecule has 1 N–H and O–H groups in total. The van der Waals surface area contributed by atoms with Crippen LogP contribution in [0.25, 0.3) is 10.8 Å². The minimum absolute atomic E-state index is 0.00933. The predicted molar refractivity (Wildman–Crippen MR) is 76.5 cm³/mol. The van der Waals surface area contributed by atoms with Gasteiger partial charge >= 0.3 is 0 Å². The number of methoxy groups -OCH3 is 1. The molecule has 1 aromatic heterocycles. The normalized spacial score (nSPS) is 18.4. The number of nitrogens with one attached hydrogen (secondary N) is 1. The standard InChI is InChI=1S/C13H13BrN2O4/c1-18-10-5-9-8(12(14)15-16-13(9)17)4-11(10)20-7-2-3-19-6-7/h4-5,7H,2-3,6H2,1H3,(H,16,17)/t7-/m0/s1. The first kappa shape index (κ1) is 13.4. The number of hydrogen-bond acceptors (Lipinski definition) is 5. The highest BCUT2D eigenvalue weighted by molar-refractivity contribution is 9.10. The molecule has 3 rings (SSSR count). The number of hydrogen-bond donors (Lipinski definition) is 1. The second-order valence-electron chi connectivity index (χ2n) is 4.50. The lowest BCUT2D eigenvalue weighted by Crippen LogP contribution is -2.16. The first-order valence-electron chi connectivity index (χ1n) is 6.19. The van der Waals surface area contributed by atoms with E-state index in [1.54, 1.807) is 19.2 Å². The third-order valence-electron chi connectivity index (χ3n) is 3.21. The van der Waals surface area contributed by atoms with Crippen molar-refractivity contribution in [2.24, 2.45) is 0 Å². The number of fused-ring (bicyclic) bond motifs is 1. The Morgan fingerprint density at radius 3 is 2.90 bits per heavy atom. The molecular formula is C13H13BrN2O4. The zero-order valence-corrected chi connectivity index (χ0v) is 12.4. The molecule has 1 aromatic carbocycles. The molecule has 20 heavy (non-hydrogen) atoms. The van der Waals surface area contributed by atoms with Crippen LogP contribution < -0.4 is 15.0 Å². The highest BCUT2D eigenvalue weighted by atomic mass is 79.9. The van der Waals surface area contributed by atoms with Crippen LogP contribution >= 0.6 is 15.9 Å². The van der Waals surface area contributed by atoms with Gasteiger partial charge in [0.15, 0.2) is 11.5 Å². The summed E-state index contributed by atoms with van der Waals surface area (Å²) < 4.78 is 17.0. The van der Waals surface area contributed by atoms with Crippen LogP contribution in [0.1, 0.15) is 6.42 Å². The molecule has 0 spiro atoms. The third-order valence-corrected chi connectivity index (χ3v) is 3.81. The maximum atomic E-state index is 11.8. The summed E-state index contributed by atoms with van der Waals surface area (Å²) in [5.41, 5.74) is -0.266. The predicted octanol–water partition coefficient (Wildman–Crippen LogP) is 1.86. The Hall–Kier alpha value is -1.60. The van der Waals surface area contributed by atoms with Gasteiger partial charge in [-0.15, -0.1) is 0 Å². The zero-order valence-electron chi connectivity index (χ0n) is 10.8. The van der Waals surface area contributed by atoms with Crippen LogP contribution in [-0.4, -0.2) is 36.6 Å². The molecule has 0 saturated carbocycles. The second kappa shape index (κ2) is 5.41. The number of halogens is 1. The van der Waals surface area contributed by atoms with Crippen molar-refractivity contribution in [1.29, 1.82) is 0 Å². The number of benzene rings is 1. The van der Waals surface area contributed by atoms with Gasteiger partial charge < -0.3 is 14.2 Å². The van der Waals surface area contributed by atoms with Crippen LogP contribution in [-0.2, 0) is 4.74 Å². The molecule has 1 aliphatic rings. The lowest BCUT2D eigenvalue weighted by atomic mass is 10.1. The van der Waals surface area contributed by atoms with E-state index in [9.17, 15) is 4.79 Å². The average Bonchev–Trinajstić information content (AvgIpc) is 2.95. The lowest BCUT2D eigenvalue weighted by Gasteiger charge is -2.15. The Balaban J connectivity index is 2.10. The van der Waals surface area contributed by atoms with Crippen LogP contribution in [0.4, 0.5) is 0 Å². The van der Waals surface area contributed by atoms with Crippen molar-refractivity contribution in [3.05, 3.63) is 27.1 Å². The van der Waals surface area contributed by atoms with Crippen LogP contribution in [0.5, 0.6) is 11.5 Å². The van der Waals surface area contributed by atoms with E-state index in [1.165, 1.54) is 0 Å². The van der Waals surface area contributed by atoms with Crippen molar-refractivity contribution in [2.75, 3.05) is 20.3 Å². The van der Waals surface area contributed by atoms with E-state index in [-0.39, 0.29) is 11.7 Å². The smallest absolute Gasteiger partial charge is 0.272 e. The maximum absolute atomic E-state index is 11.8. The van der Waals surface area contributed by atoms with E-state index in [0.717, 1.165) is 6.42 Å². The number of aromatic amines is 1. The van der Waals surface area contributed by atoms with Crippen LogP contribution in [0, 0.1) is 0 Å². The van der Waals surface area contributed by atoms with Crippen LogP contribution in [0.3, 0.4) is 0 Å². The summed E-state index contributed by atoms with van der Waals surface area (Å²) in [5, 5.41) is 7.49. The second-order valence-corrected chi connectivity index (χ2v) is 5.25. The van der Waals surface area contributed by atoms with Crippen molar-refractivity contribution in [2.45, 2.75) is 12.5 Å². The lowest BCUT2D eigenvalue weighted by molar-refractivity contribution is 0.139. The van der Waals surface area contributed by atoms with Crippen LogP contribution in [0.2, 0.25) is 0 Å². The fourth-order valence-electron chi connectivity index (χ4n) is 2.18. The van der Waals surface area contributed by atoms with Gasteiger partial charge in [-0.2, -0.15) is 5.10 Å². The van der Waals surface area contributed by atoms with Crippen molar-refractivity contribution >= 4 is 26.7 Å². The van der Waals surface area contributed by atoms with Crippen molar-refractivity contribution < 1.29 is 14.2 Å². The molecule has 1 atom stereocenters. The SMILES string of the molecule is COc1cc2c(=O)[nH]nc(Br)c2cc1O[C@H]1CCOC1. The molecule has 0 radical (unpaired) electrons. The van der Waals surface area contributed by atoms with Crippen LogP contribution in [0.15, 0.2) is 21.5 Å². The van der Waals surface area contributed by atoms with Gasteiger partial charge in [0.05, 0.1) is 25.7 Å². The number of nitrogens with zero attached hydrogens (tertiary/aromatic N) is 1. The average molecular weight is 341 g/mol. The first-order chi connectivity index (χ1) is 9.69. The van der Waals surface area contributed by atoms with Gasteiger partial charge in [-0.3, -0.25) is 4.79 Å². The fourth-order valence-corrected chi connectivity index (χ4v) is 2.59. The Morgan fingerprint density at radius 1 is 1.40 bits per heavy atom. The fraction of sp³-hybridized carbons (Fsp3) is 0.385. The molecule has 0 amide bonds. The highest BCUT2D eigenvalue weighted by Gasteiger charge is 2.20. The summed E-state index contributed by atoms with van der Waals surface area (Å²) in [6.07, 6.45) is 0.853. The Kier molecular flexibility index (Phi) is 3.62. The molecule has 7 heteroatoms. The van der Waals surface area contributed by atoms with E-state index in [2.05, 4.69) is 26.1 Å². The Bertz CT molecular complexity index is 695. The highest BCUT2D eigenvalue weighted by Crippen LogP contribution is 2.34. The molecule has 6 nitrogen and oxygen atoms in total. The van der Waals surface area contributed by atoms with E-state index >= 15 is 0 Å². The first-order valence-corrected chi connectivity index (χ1v) is 6.98. The van der Waals surface area contributed by atoms with Crippen molar-refractivity contribution in [3.63, 3.8) is 0 Å². The molecule has 106 valence electrons. The summed E-state index contributed by atoms with van der Waals surface area (Å²) in [5.74, 6) is 1.11. The quantitative estimate of drug-likeness (QED) is 0.923. The minimum Gasteiger partial charge on any atom is -0.493 e. The van der Waals surface area contributed by atoms with Gasteiger partial charge in [-0.1, -0.05) is 0 Å². The summed E-state index contributed by atoms with van der Waals surface area (Å²) in [6.45, 7) is 1.27. The van der Waals surface area contributed by atoms with Gasteiger partial charge in [0.2, 0.25) is 0 Å². The van der Waals surface area contributed by atoms with E-state index < -0.39 is 0 Å². The summed E-state index contributed by atoms with van der Waals surface area (Å²) in [4.78, 5) is 11.8. The molecule has 0 bridgehead atoms. The summed E-state index contributed by atoms with van der Waals surface area (Å²) in [7, 11) is 1.55. The monoisotopic (exact) mass is 340 g/mol. The molecule has 2 aromatic rings. The number of aromatic nitrogens is 2. The molecule has 1 fully saturated rings. The number of rotatable bonds is 3. The van der Waals surface area contributed by atoms with E-state index in [4.69, 9.17) is 14.2 Å². The minimum atomic E-state index is -0.266. The molecule has 0 aliphatic carbocycles. The van der Waals surface area contributed by atoms with Crippen molar-refractivity contribution in [3.8, 4) is 11.5 Å². The molecule has 0 unspecified atom stereocenters. The van der Waals surface area contributed by atoms with Gasteiger partial charge in [-0.25, -0.2) is 5.10 Å². The third kappa shape index (κ3) is 2.38. The molecular weight excluding hydrogens is 328 g/mol.